The van der Waals surface area contributed by atoms with Gasteiger partial charge in [0.2, 0.25) is 0 Å². The summed E-state index contributed by atoms with van der Waals surface area (Å²) in [6.07, 6.45) is 1.54. The molecule has 0 unspecified atom stereocenters. The van der Waals surface area contributed by atoms with Gasteiger partial charge in [-0.25, -0.2) is 4.98 Å². The zero-order valence-electron chi connectivity index (χ0n) is 5.02. The minimum Gasteiger partial charge on any atom is -0.364 e. The molecule has 0 radical (unpaired) electrons. The van der Waals surface area contributed by atoms with E-state index in [1.807, 2.05) is 5.38 Å². The molecule has 10 heavy (non-hydrogen) atoms. The Hall–Kier alpha value is -1.16. The lowest BCUT2D eigenvalue weighted by molar-refractivity contribution is 0.422. The molecular weight excluding hydrogens is 148 g/mol. The van der Waals surface area contributed by atoms with E-state index >= 15 is 0 Å². The quantitative estimate of drug-likeness (QED) is 0.625. The summed E-state index contributed by atoms with van der Waals surface area (Å²) in [6, 6.07) is 1.79. The van der Waals surface area contributed by atoms with Gasteiger partial charge >= 0.3 is 0 Å². The van der Waals surface area contributed by atoms with Crippen LogP contribution in [0.5, 0.6) is 0 Å². The smallest absolute Gasteiger partial charge is 0.133 e. The Kier molecular flexibility index (Phi) is 1.25. The van der Waals surface area contributed by atoms with Crippen molar-refractivity contribution >= 4 is 11.3 Å². The molecule has 0 saturated carbocycles. The summed E-state index contributed by atoms with van der Waals surface area (Å²) in [5, 5.41) is 5.66. The van der Waals surface area contributed by atoms with Gasteiger partial charge in [-0.1, -0.05) is 5.16 Å². The van der Waals surface area contributed by atoms with E-state index in [0.29, 0.717) is 0 Å². The zero-order valence-corrected chi connectivity index (χ0v) is 5.84. The number of hydrogen-bond acceptors (Lipinski definition) is 4. The molecule has 0 aromatic carbocycles. The van der Waals surface area contributed by atoms with E-state index in [1.54, 1.807) is 22.9 Å². The Morgan fingerprint density at radius 1 is 1.40 bits per heavy atom. The van der Waals surface area contributed by atoms with Crippen LogP contribution in [0.25, 0.3) is 11.4 Å². The van der Waals surface area contributed by atoms with Crippen LogP contribution in [0.1, 0.15) is 0 Å². The maximum atomic E-state index is 4.65. The highest BCUT2D eigenvalue weighted by Crippen LogP contribution is 2.15. The predicted octanol–water partition coefficient (Wildman–Crippen LogP) is 1.80. The third-order valence-electron chi connectivity index (χ3n) is 1.13. The largest absolute Gasteiger partial charge is 0.364 e. The van der Waals surface area contributed by atoms with E-state index in [2.05, 4.69) is 14.7 Å². The second kappa shape index (κ2) is 2.22. The molecular formula is C6H4N2OS. The average molecular weight is 152 g/mol. The molecule has 0 bridgehead atoms. The highest BCUT2D eigenvalue weighted by atomic mass is 32.1. The van der Waals surface area contributed by atoms with Crippen molar-refractivity contribution in [2.24, 2.45) is 0 Å². The normalized spacial score (nSPS) is 10.0. The standard InChI is InChI=1S/C6H4N2OS/c1-2-9-8-5(1)6-3-10-4-7-6/h1-4H. The molecule has 0 spiro atoms. The second-order valence-electron chi connectivity index (χ2n) is 1.76. The van der Waals surface area contributed by atoms with Crippen LogP contribution in [0, 0.1) is 0 Å². The molecule has 0 aliphatic rings. The van der Waals surface area contributed by atoms with Gasteiger partial charge < -0.3 is 4.52 Å². The summed E-state index contributed by atoms with van der Waals surface area (Å²) in [6.45, 7) is 0. The van der Waals surface area contributed by atoms with Crippen molar-refractivity contribution in [2.45, 2.75) is 0 Å². The molecule has 2 aromatic heterocycles. The average Bonchev–Trinajstić information content (AvgIpc) is 2.59. The van der Waals surface area contributed by atoms with Crippen LogP contribution in [0.4, 0.5) is 0 Å². The topological polar surface area (TPSA) is 38.9 Å². The van der Waals surface area contributed by atoms with E-state index in [0.717, 1.165) is 11.4 Å². The zero-order chi connectivity index (χ0) is 6.81. The highest BCUT2D eigenvalue weighted by Gasteiger charge is 2.00. The van der Waals surface area contributed by atoms with E-state index in [4.69, 9.17) is 0 Å². The lowest BCUT2D eigenvalue weighted by atomic mass is 10.3. The minimum absolute atomic E-state index is 0.793. The number of rotatable bonds is 1. The van der Waals surface area contributed by atoms with Gasteiger partial charge in [-0.2, -0.15) is 0 Å². The number of aromatic nitrogens is 2. The molecule has 2 heterocycles. The van der Waals surface area contributed by atoms with Crippen molar-refractivity contribution in [2.75, 3.05) is 0 Å². The first-order valence-electron chi connectivity index (χ1n) is 2.76. The summed E-state index contributed by atoms with van der Waals surface area (Å²) in [5.41, 5.74) is 3.43. The van der Waals surface area contributed by atoms with Crippen LogP contribution in [-0.2, 0) is 0 Å². The van der Waals surface area contributed by atoms with Gasteiger partial charge in [-0.3, -0.25) is 0 Å². The van der Waals surface area contributed by atoms with Crippen molar-refractivity contribution in [3.63, 3.8) is 0 Å². The second-order valence-corrected chi connectivity index (χ2v) is 2.48. The molecule has 50 valence electrons. The molecule has 0 aliphatic heterocycles. The Morgan fingerprint density at radius 2 is 2.40 bits per heavy atom. The number of thiazole rings is 1. The van der Waals surface area contributed by atoms with E-state index in [9.17, 15) is 0 Å². The molecule has 0 atom stereocenters. The van der Waals surface area contributed by atoms with E-state index in [-0.39, 0.29) is 0 Å². The molecule has 0 saturated heterocycles. The van der Waals surface area contributed by atoms with E-state index < -0.39 is 0 Å². The molecule has 0 fully saturated rings. The monoisotopic (exact) mass is 152 g/mol. The summed E-state index contributed by atoms with van der Waals surface area (Å²) >= 11 is 1.55. The van der Waals surface area contributed by atoms with Crippen molar-refractivity contribution in [3.8, 4) is 11.4 Å². The SMILES string of the molecule is c1cc(-c2cscn2)no1. The fraction of sp³-hybridized carbons (Fsp3) is 0. The molecule has 3 nitrogen and oxygen atoms in total. The summed E-state index contributed by atoms with van der Waals surface area (Å²) in [7, 11) is 0. The first kappa shape index (κ1) is 5.61. The number of nitrogens with zero attached hydrogens (tertiary/aromatic N) is 2. The molecule has 2 aromatic rings. The first-order chi connectivity index (χ1) is 4.97. The molecule has 0 amide bonds. The van der Waals surface area contributed by atoms with Crippen LogP contribution in [0.15, 0.2) is 27.7 Å². The van der Waals surface area contributed by atoms with Gasteiger partial charge in [-0.15, -0.1) is 11.3 Å². The van der Waals surface area contributed by atoms with Crippen LogP contribution < -0.4 is 0 Å². The summed E-state index contributed by atoms with van der Waals surface area (Å²) < 4.78 is 4.65. The highest BCUT2D eigenvalue weighted by molar-refractivity contribution is 7.07. The van der Waals surface area contributed by atoms with Gasteiger partial charge in [0.1, 0.15) is 17.7 Å². The third-order valence-corrected chi connectivity index (χ3v) is 1.72. The Labute approximate surface area is 61.3 Å². The lowest BCUT2D eigenvalue weighted by Gasteiger charge is -1.80. The summed E-state index contributed by atoms with van der Waals surface area (Å²) in [4.78, 5) is 4.05. The molecule has 4 heteroatoms. The summed E-state index contributed by atoms with van der Waals surface area (Å²) in [5.74, 6) is 0. The van der Waals surface area contributed by atoms with Crippen molar-refractivity contribution in [3.05, 3.63) is 23.2 Å². The van der Waals surface area contributed by atoms with Gasteiger partial charge in [0.05, 0.1) is 5.51 Å². The van der Waals surface area contributed by atoms with Gasteiger partial charge in [0.25, 0.3) is 0 Å². The minimum atomic E-state index is 0.793. The molecule has 2 rings (SSSR count). The first-order valence-corrected chi connectivity index (χ1v) is 3.70. The Balaban J connectivity index is 2.48. The van der Waals surface area contributed by atoms with Gasteiger partial charge in [0, 0.05) is 11.4 Å². The number of hydrogen-bond donors (Lipinski definition) is 0. The molecule has 0 aliphatic carbocycles. The lowest BCUT2D eigenvalue weighted by Crippen LogP contribution is -1.72. The fourth-order valence-electron chi connectivity index (χ4n) is 0.684. The molecule has 0 N–H and O–H groups in total. The van der Waals surface area contributed by atoms with Crippen molar-refractivity contribution in [1.29, 1.82) is 0 Å². The van der Waals surface area contributed by atoms with Crippen LogP contribution in [0.3, 0.4) is 0 Å². The predicted molar refractivity (Wildman–Crippen MR) is 37.6 cm³/mol. The van der Waals surface area contributed by atoms with Crippen LogP contribution in [0.2, 0.25) is 0 Å². The van der Waals surface area contributed by atoms with Crippen LogP contribution in [-0.4, -0.2) is 10.1 Å². The Bertz CT molecular complexity index is 255. The fourth-order valence-corrected chi connectivity index (χ4v) is 1.23. The van der Waals surface area contributed by atoms with E-state index in [1.165, 1.54) is 6.26 Å². The van der Waals surface area contributed by atoms with Crippen molar-refractivity contribution in [1.82, 2.24) is 10.1 Å². The van der Waals surface area contributed by atoms with Gasteiger partial charge in [-0.05, 0) is 0 Å². The third kappa shape index (κ3) is 0.823. The van der Waals surface area contributed by atoms with Crippen molar-refractivity contribution < 1.29 is 4.52 Å². The maximum Gasteiger partial charge on any atom is 0.133 e. The van der Waals surface area contributed by atoms with Crippen LogP contribution >= 0.6 is 11.3 Å². The van der Waals surface area contributed by atoms with Gasteiger partial charge in [0.15, 0.2) is 0 Å². The maximum absolute atomic E-state index is 4.65. The Morgan fingerprint density at radius 3 is 3.00 bits per heavy atom.